The van der Waals surface area contributed by atoms with Crippen LogP contribution in [0.1, 0.15) is 5.56 Å². The van der Waals surface area contributed by atoms with Gasteiger partial charge in [0.2, 0.25) is 5.91 Å². The van der Waals surface area contributed by atoms with Crippen molar-refractivity contribution in [3.05, 3.63) is 23.8 Å². The van der Waals surface area contributed by atoms with Gasteiger partial charge in [0.25, 0.3) is 0 Å². The monoisotopic (exact) mass is 286 g/mol. The molecule has 0 bridgehead atoms. The predicted octanol–water partition coefficient (Wildman–Crippen LogP) is 2.17. The smallest absolute Gasteiger partial charge is 0.234 e. The maximum absolute atomic E-state index is 11.2. The molecule has 0 fully saturated rings. The van der Waals surface area contributed by atoms with Crippen LogP contribution < -0.4 is 10.6 Å². The number of hydrogen-bond acceptors (Lipinski definition) is 3. The first-order valence-electron chi connectivity index (χ1n) is 4.62. The Morgan fingerprint density at radius 3 is 3.20 bits per heavy atom. The van der Waals surface area contributed by atoms with Crippen molar-refractivity contribution in [2.75, 3.05) is 16.5 Å². The Bertz CT molecular complexity index is 384. The molecule has 0 spiro atoms. The zero-order valence-corrected chi connectivity index (χ0v) is 10.5. The molecule has 0 saturated carbocycles. The quantitative estimate of drug-likeness (QED) is 0.661. The maximum Gasteiger partial charge on any atom is 0.234 e. The van der Waals surface area contributed by atoms with E-state index in [-0.39, 0.29) is 5.91 Å². The fraction of sp³-hybridized carbons (Fsp3) is 0.300. The van der Waals surface area contributed by atoms with Crippen molar-refractivity contribution in [3.63, 3.8) is 0 Å². The van der Waals surface area contributed by atoms with Crippen LogP contribution in [0.25, 0.3) is 0 Å². The Kier molecular flexibility index (Phi) is 3.66. The highest BCUT2D eigenvalue weighted by Gasteiger charge is 2.14. The minimum absolute atomic E-state index is 0.0816. The molecule has 0 aliphatic carbocycles. The van der Waals surface area contributed by atoms with E-state index in [0.29, 0.717) is 5.75 Å². The second-order valence-corrected chi connectivity index (χ2v) is 4.81. The molecule has 0 saturated heterocycles. The molecule has 80 valence electrons. The highest BCUT2D eigenvalue weighted by molar-refractivity contribution is 9.09. The van der Waals surface area contributed by atoms with Gasteiger partial charge in [-0.2, -0.15) is 0 Å². The number of nitrogens with one attached hydrogen (secondary N) is 2. The lowest BCUT2D eigenvalue weighted by atomic mass is 10.2. The fourth-order valence-corrected chi connectivity index (χ4v) is 2.42. The standard InChI is InChI=1S/C10H11BrN2OS/c11-6-12-4-7-1-2-9-8(3-7)13-10(14)5-15-9/h1-3,12H,4-6H2,(H,13,14). The first-order chi connectivity index (χ1) is 7.29. The Labute approximate surface area is 101 Å². The number of halogens is 1. The van der Waals surface area contributed by atoms with Crippen LogP contribution in [0.15, 0.2) is 23.1 Å². The lowest BCUT2D eigenvalue weighted by Crippen LogP contribution is -2.19. The number of rotatable bonds is 3. The van der Waals surface area contributed by atoms with Crippen LogP contribution in [0.5, 0.6) is 0 Å². The molecule has 1 aromatic carbocycles. The predicted molar refractivity (Wildman–Crippen MR) is 66.4 cm³/mol. The van der Waals surface area contributed by atoms with E-state index in [0.717, 1.165) is 22.6 Å². The van der Waals surface area contributed by atoms with Gasteiger partial charge in [0.15, 0.2) is 0 Å². The first kappa shape index (κ1) is 11.0. The maximum atomic E-state index is 11.2. The van der Waals surface area contributed by atoms with Gasteiger partial charge in [-0.3, -0.25) is 4.79 Å². The van der Waals surface area contributed by atoms with Gasteiger partial charge in [0.05, 0.1) is 16.9 Å². The van der Waals surface area contributed by atoms with Crippen LogP contribution in [0, 0.1) is 0 Å². The van der Waals surface area contributed by atoms with Crippen LogP contribution in [0.4, 0.5) is 5.69 Å². The first-order valence-corrected chi connectivity index (χ1v) is 6.72. The Morgan fingerprint density at radius 2 is 2.40 bits per heavy atom. The van der Waals surface area contributed by atoms with Crippen molar-refractivity contribution in [2.45, 2.75) is 11.4 Å². The molecule has 1 aromatic rings. The molecule has 0 radical (unpaired) electrons. The minimum atomic E-state index is 0.0816. The van der Waals surface area contributed by atoms with Crippen molar-refractivity contribution in [1.82, 2.24) is 5.32 Å². The number of alkyl halides is 1. The molecule has 1 heterocycles. The number of carbonyl (C=O) groups is 1. The second-order valence-electron chi connectivity index (χ2n) is 3.23. The number of anilines is 1. The summed E-state index contributed by atoms with van der Waals surface area (Å²) in [7, 11) is 0. The van der Waals surface area contributed by atoms with Crippen molar-refractivity contribution in [1.29, 1.82) is 0 Å². The van der Waals surface area contributed by atoms with Crippen LogP contribution >= 0.6 is 27.7 Å². The molecule has 15 heavy (non-hydrogen) atoms. The Morgan fingerprint density at radius 1 is 1.53 bits per heavy atom. The number of thioether (sulfide) groups is 1. The Hall–Kier alpha value is -0.520. The molecule has 3 nitrogen and oxygen atoms in total. The summed E-state index contributed by atoms with van der Waals surface area (Å²) in [5, 5.41) is 6.06. The SMILES string of the molecule is O=C1CSc2ccc(CNCBr)cc2N1. The lowest BCUT2D eigenvalue weighted by Gasteiger charge is -2.17. The van der Waals surface area contributed by atoms with Crippen LogP contribution in [-0.4, -0.2) is 17.1 Å². The number of hydrogen-bond donors (Lipinski definition) is 2. The average molecular weight is 287 g/mol. The molecule has 5 heteroatoms. The average Bonchev–Trinajstić information content (AvgIpc) is 2.25. The van der Waals surface area contributed by atoms with Crippen LogP contribution in [0.2, 0.25) is 0 Å². The molecule has 1 aliphatic heterocycles. The number of amides is 1. The molecular formula is C10H11BrN2OS. The van der Waals surface area contributed by atoms with Gasteiger partial charge in [0.1, 0.15) is 0 Å². The van der Waals surface area contributed by atoms with Gasteiger partial charge in [0, 0.05) is 11.4 Å². The van der Waals surface area contributed by atoms with E-state index < -0.39 is 0 Å². The summed E-state index contributed by atoms with van der Waals surface area (Å²) in [6.45, 7) is 0.805. The largest absolute Gasteiger partial charge is 0.324 e. The van der Waals surface area contributed by atoms with Crippen molar-refractivity contribution in [3.8, 4) is 0 Å². The highest BCUT2D eigenvalue weighted by atomic mass is 79.9. The van der Waals surface area contributed by atoms with E-state index >= 15 is 0 Å². The third kappa shape index (κ3) is 2.74. The topological polar surface area (TPSA) is 41.1 Å². The summed E-state index contributed by atoms with van der Waals surface area (Å²) in [4.78, 5) is 12.3. The summed E-state index contributed by atoms with van der Waals surface area (Å²) < 4.78 is 0. The van der Waals surface area contributed by atoms with Crippen LogP contribution in [-0.2, 0) is 11.3 Å². The summed E-state index contributed by atoms with van der Waals surface area (Å²) in [5.41, 5.74) is 2.88. The lowest BCUT2D eigenvalue weighted by molar-refractivity contribution is -0.113. The van der Waals surface area contributed by atoms with Crippen molar-refractivity contribution < 1.29 is 4.79 Å². The third-order valence-corrected chi connectivity index (χ3v) is 3.57. The zero-order valence-electron chi connectivity index (χ0n) is 8.05. The van der Waals surface area contributed by atoms with Crippen molar-refractivity contribution in [2.24, 2.45) is 0 Å². The summed E-state index contributed by atoms with van der Waals surface area (Å²) in [6.07, 6.45) is 0. The van der Waals surface area contributed by atoms with E-state index in [1.807, 2.05) is 6.07 Å². The molecule has 0 atom stereocenters. The van der Waals surface area contributed by atoms with E-state index in [1.165, 1.54) is 5.56 Å². The summed E-state index contributed by atoms with van der Waals surface area (Å²) in [6, 6.07) is 6.17. The van der Waals surface area contributed by atoms with Gasteiger partial charge in [-0.25, -0.2) is 0 Å². The molecule has 1 amide bonds. The number of carbonyl (C=O) groups excluding carboxylic acids is 1. The summed E-state index contributed by atoms with van der Waals surface area (Å²) >= 11 is 4.89. The highest BCUT2D eigenvalue weighted by Crippen LogP contribution is 2.31. The van der Waals surface area contributed by atoms with Crippen LogP contribution in [0.3, 0.4) is 0 Å². The van der Waals surface area contributed by atoms with Crippen molar-refractivity contribution >= 4 is 39.3 Å². The molecule has 0 aromatic heterocycles. The molecule has 0 unspecified atom stereocenters. The second kappa shape index (κ2) is 5.01. The van der Waals surface area contributed by atoms with E-state index in [4.69, 9.17) is 0 Å². The van der Waals surface area contributed by atoms with Gasteiger partial charge in [-0.1, -0.05) is 22.0 Å². The van der Waals surface area contributed by atoms with Gasteiger partial charge >= 0.3 is 0 Å². The molecular weight excluding hydrogens is 276 g/mol. The normalized spacial score (nSPS) is 14.6. The van der Waals surface area contributed by atoms with E-state index in [1.54, 1.807) is 11.8 Å². The van der Waals surface area contributed by atoms with Gasteiger partial charge in [-0.05, 0) is 17.7 Å². The summed E-state index contributed by atoms with van der Waals surface area (Å²) in [5.74, 6) is 0.601. The number of benzene rings is 1. The van der Waals surface area contributed by atoms with Gasteiger partial charge < -0.3 is 10.6 Å². The van der Waals surface area contributed by atoms with Gasteiger partial charge in [-0.15, -0.1) is 11.8 Å². The van der Waals surface area contributed by atoms with E-state index in [9.17, 15) is 4.79 Å². The van der Waals surface area contributed by atoms with E-state index in [2.05, 4.69) is 38.7 Å². The third-order valence-electron chi connectivity index (χ3n) is 2.10. The molecule has 1 aliphatic rings. The molecule has 2 N–H and O–H groups in total. The molecule has 2 rings (SSSR count). The number of fused-ring (bicyclic) bond motifs is 1. The fourth-order valence-electron chi connectivity index (χ4n) is 1.43. The zero-order chi connectivity index (χ0) is 10.7. The Balaban J connectivity index is 2.17. The minimum Gasteiger partial charge on any atom is -0.324 e.